The van der Waals surface area contributed by atoms with Gasteiger partial charge < -0.3 is 33.9 Å². The van der Waals surface area contributed by atoms with Crippen LogP contribution in [0.3, 0.4) is 0 Å². The highest BCUT2D eigenvalue weighted by Crippen LogP contribution is 2.52. The van der Waals surface area contributed by atoms with E-state index < -0.39 is 34.8 Å². The zero-order valence-electron chi connectivity index (χ0n) is 56.2. The monoisotopic (exact) mass is 1230 g/mol. The van der Waals surface area contributed by atoms with Gasteiger partial charge in [0.1, 0.15) is 16.8 Å². The van der Waals surface area contributed by atoms with Gasteiger partial charge in [0.2, 0.25) is 5.60 Å². The molecule has 0 amide bonds. The molecule has 4 N–H and O–H groups in total. The Morgan fingerprint density at radius 1 is 0.422 bits per heavy atom. The predicted octanol–water partition coefficient (Wildman–Crippen LogP) is 18.0. The van der Waals surface area contributed by atoms with Crippen LogP contribution in [0.4, 0.5) is 32.0 Å². The molecule has 0 spiro atoms. The maximum Gasteiger partial charge on any atom is 0.428 e. The number of nitrogens with one attached hydrogen (secondary N) is 2. The molecule has 0 saturated heterocycles. The Bertz CT molecular complexity index is 4650. The second-order valence-corrected chi connectivity index (χ2v) is 26.3. The molecule has 0 saturated carbocycles. The fourth-order valence-electron chi connectivity index (χ4n) is 14.4. The number of imidazole rings is 2. The van der Waals surface area contributed by atoms with E-state index >= 15 is 0 Å². The molecule has 1 aliphatic heterocycles. The minimum atomic E-state index is -4.99. The number of aromatic amines is 2. The number of hydrogen-bond donors (Lipinski definition) is 4. The first-order chi connectivity index (χ1) is 41.7. The van der Waals surface area contributed by atoms with Crippen LogP contribution in [0.1, 0.15) is 148 Å². The van der Waals surface area contributed by atoms with Crippen molar-refractivity contribution >= 4 is 66.2 Å². The lowest BCUT2D eigenvalue weighted by atomic mass is 9.75. The number of halogens is 6. The number of aliphatic hydroxyl groups is 2. The van der Waals surface area contributed by atoms with E-state index in [0.29, 0.717) is 61.5 Å². The molecule has 3 unspecified atom stereocenters. The molecular formula is C74H84F6N8O2. The van der Waals surface area contributed by atoms with Gasteiger partial charge in [0, 0.05) is 73.4 Å². The van der Waals surface area contributed by atoms with E-state index in [1.54, 1.807) is 56.8 Å². The molecule has 3 atom stereocenters. The molecule has 1 aliphatic rings. The van der Waals surface area contributed by atoms with E-state index in [1.807, 2.05) is 93.1 Å². The lowest BCUT2D eigenvalue weighted by Crippen LogP contribution is -2.45. The van der Waals surface area contributed by atoms with Gasteiger partial charge in [-0.25, -0.2) is 9.97 Å². The SMILES string of the molecule is Cc1cc2[nH]c(C(C)(c3c(C)c(C)c(C)c4c3ccn4C)C(F)(F)F)nc2c(C)c1C.Cc1cc2[nH]c(C(O)(c3c(C)c(C)c(C)c4c3ccn4C)C(F)(F)F)nc2c(C)c1C.Cc1cc2c(c(C)c1C)N=C(C(C)(O)c1c(C)c(C)c(C)c3c1ccn3C)C2. The van der Waals surface area contributed by atoms with Crippen molar-refractivity contribution in [2.75, 3.05) is 0 Å². The molecule has 90 heavy (non-hydrogen) atoms. The number of nitrogens with zero attached hydrogens (tertiary/aromatic N) is 6. The van der Waals surface area contributed by atoms with Gasteiger partial charge in [-0.1, -0.05) is 6.07 Å². The van der Waals surface area contributed by atoms with Crippen LogP contribution >= 0.6 is 0 Å². The maximum absolute atomic E-state index is 14.9. The first kappa shape index (κ1) is 65.0. The molecule has 474 valence electrons. The lowest BCUT2D eigenvalue weighted by molar-refractivity contribution is -0.250. The molecule has 5 aromatic heterocycles. The van der Waals surface area contributed by atoms with E-state index in [9.17, 15) is 36.6 Å². The number of aliphatic imine (C=N–C) groups is 1. The molecule has 12 rings (SSSR count). The summed E-state index contributed by atoms with van der Waals surface area (Å²) in [5, 5.41) is 25.5. The number of H-pyrrole nitrogens is 2. The van der Waals surface area contributed by atoms with Gasteiger partial charge in [0.05, 0.1) is 50.0 Å². The molecule has 6 aromatic carbocycles. The van der Waals surface area contributed by atoms with Crippen molar-refractivity contribution in [2.24, 2.45) is 26.1 Å². The van der Waals surface area contributed by atoms with Crippen molar-refractivity contribution in [2.45, 2.75) is 174 Å². The average Bonchev–Trinajstić information content (AvgIpc) is 1.04. The van der Waals surface area contributed by atoms with Crippen molar-refractivity contribution in [3.8, 4) is 0 Å². The summed E-state index contributed by atoms with van der Waals surface area (Å²) in [4.78, 5) is 19.7. The number of benzene rings is 6. The zero-order chi connectivity index (χ0) is 66.6. The molecule has 0 fully saturated rings. The number of hydrogen-bond acceptors (Lipinski definition) is 5. The summed E-state index contributed by atoms with van der Waals surface area (Å²) in [5.74, 6) is -0.584. The Labute approximate surface area is 523 Å². The van der Waals surface area contributed by atoms with E-state index in [2.05, 4.69) is 91.4 Å². The summed E-state index contributed by atoms with van der Waals surface area (Å²) in [6, 6.07) is 11.4. The van der Waals surface area contributed by atoms with Crippen LogP contribution in [0.15, 0.2) is 60.0 Å². The van der Waals surface area contributed by atoms with Crippen LogP contribution < -0.4 is 0 Å². The Morgan fingerprint density at radius 3 is 1.22 bits per heavy atom. The van der Waals surface area contributed by atoms with Crippen LogP contribution in [0.2, 0.25) is 0 Å². The molecule has 6 heterocycles. The third-order valence-corrected chi connectivity index (χ3v) is 21.3. The zero-order valence-corrected chi connectivity index (χ0v) is 56.2. The molecule has 0 aliphatic carbocycles. The molecule has 11 aromatic rings. The van der Waals surface area contributed by atoms with Crippen LogP contribution in [-0.2, 0) is 44.2 Å². The number of aromatic nitrogens is 7. The lowest BCUT2D eigenvalue weighted by Gasteiger charge is -2.34. The largest absolute Gasteiger partial charge is 0.428 e. The first-order valence-corrected chi connectivity index (χ1v) is 30.5. The molecule has 16 heteroatoms. The van der Waals surface area contributed by atoms with Crippen LogP contribution in [0.5, 0.6) is 0 Å². The number of aryl methyl sites for hydroxylation is 11. The standard InChI is InChI=1S/C25H28F3N3.C25H30N2O.C24H26F3N3O/c1-12-11-19-21(16(5)13(12)2)30-23(29-19)24(7,25(26,27)28)20-15(4)14(3)17(6)22-18(20)9-10-31(22)8;1-13-11-19-12-21(26-23(19)17(5)14(13)2)25(7,28)22-16(4)15(3)18(6)24-20(22)9-10-27(24)8;1-11-10-18-20(15(5)12(11)2)29-22(28-18)23(31,24(25,26)27)19-14(4)13(3)16(6)21-17(19)8-9-30(21)7/h9-11H,1-8H3,(H,29,30);9-11,28H,12H2,1-8H3;8-10,31H,1-7H3,(H,28,29). The fourth-order valence-corrected chi connectivity index (χ4v) is 14.4. The minimum Gasteiger partial charge on any atom is -0.379 e. The van der Waals surface area contributed by atoms with Crippen molar-refractivity contribution in [3.05, 3.63) is 189 Å². The van der Waals surface area contributed by atoms with Crippen molar-refractivity contribution in [1.29, 1.82) is 0 Å². The topological polar surface area (TPSA) is 125 Å². The molecular weight excluding hydrogens is 1150 g/mol. The van der Waals surface area contributed by atoms with E-state index in [-0.39, 0.29) is 17.0 Å². The van der Waals surface area contributed by atoms with Crippen molar-refractivity contribution in [3.63, 3.8) is 0 Å². The smallest absolute Gasteiger partial charge is 0.379 e. The van der Waals surface area contributed by atoms with Gasteiger partial charge >= 0.3 is 12.4 Å². The molecule has 10 nitrogen and oxygen atoms in total. The summed E-state index contributed by atoms with van der Waals surface area (Å²) >= 11 is 0. The second kappa shape index (κ2) is 21.9. The fraction of sp³-hybridized carbons (Fsp3) is 0.392. The summed E-state index contributed by atoms with van der Waals surface area (Å²) in [6.45, 7) is 38.5. The van der Waals surface area contributed by atoms with Crippen LogP contribution in [-0.4, -0.2) is 61.9 Å². The number of alkyl halides is 6. The quantitative estimate of drug-likeness (QED) is 0.124. The summed E-state index contributed by atoms with van der Waals surface area (Å²) in [7, 11) is 5.73. The third-order valence-electron chi connectivity index (χ3n) is 21.3. The van der Waals surface area contributed by atoms with Gasteiger partial charge in [-0.2, -0.15) is 26.3 Å². The molecule has 0 radical (unpaired) electrons. The van der Waals surface area contributed by atoms with E-state index in [0.717, 1.165) is 83.5 Å². The van der Waals surface area contributed by atoms with Gasteiger partial charge in [0.15, 0.2) is 5.82 Å². The average molecular weight is 1230 g/mol. The Kier molecular flexibility index (Phi) is 15.8. The van der Waals surface area contributed by atoms with Gasteiger partial charge in [0.25, 0.3) is 0 Å². The van der Waals surface area contributed by atoms with Crippen molar-refractivity contribution < 1.29 is 36.6 Å². The Morgan fingerprint density at radius 2 is 0.789 bits per heavy atom. The Hall–Kier alpha value is -7.95. The van der Waals surface area contributed by atoms with Crippen LogP contribution in [0.25, 0.3) is 54.8 Å². The maximum atomic E-state index is 14.9. The number of rotatable bonds is 6. The predicted molar refractivity (Wildman–Crippen MR) is 355 cm³/mol. The highest BCUT2D eigenvalue weighted by atomic mass is 19.4. The Balaban J connectivity index is 0.000000149. The van der Waals surface area contributed by atoms with E-state index in [1.165, 1.54) is 45.8 Å². The van der Waals surface area contributed by atoms with Gasteiger partial charge in [-0.05, 0) is 280 Å². The highest BCUT2D eigenvalue weighted by molar-refractivity contribution is 6.05. The van der Waals surface area contributed by atoms with Gasteiger partial charge in [-0.15, -0.1) is 0 Å². The normalized spacial score (nSPS) is 14.9. The summed E-state index contributed by atoms with van der Waals surface area (Å²) in [5.41, 5.74) is 20.0. The minimum absolute atomic E-state index is 0.0698. The van der Waals surface area contributed by atoms with Crippen LogP contribution in [0, 0.1) is 125 Å². The van der Waals surface area contributed by atoms with E-state index in [4.69, 9.17) is 4.99 Å². The van der Waals surface area contributed by atoms with Gasteiger partial charge in [-0.3, -0.25) is 4.99 Å². The first-order valence-electron chi connectivity index (χ1n) is 30.5. The summed E-state index contributed by atoms with van der Waals surface area (Å²) < 4.78 is 94.7. The number of fused-ring (bicyclic) bond motifs is 6. The van der Waals surface area contributed by atoms with Crippen molar-refractivity contribution in [1.82, 2.24) is 33.6 Å². The third kappa shape index (κ3) is 9.53. The second-order valence-electron chi connectivity index (χ2n) is 26.3. The summed E-state index contributed by atoms with van der Waals surface area (Å²) in [6.07, 6.45) is -3.22. The highest BCUT2D eigenvalue weighted by Gasteiger charge is 2.61. The molecule has 0 bridgehead atoms.